The highest BCUT2D eigenvalue weighted by atomic mass is 35.5. The van der Waals surface area contributed by atoms with Gasteiger partial charge in [-0.1, -0.05) is 6.58 Å². The van der Waals surface area contributed by atoms with Gasteiger partial charge in [-0.25, -0.2) is 0 Å². The molecule has 13 heavy (non-hydrogen) atoms. The maximum Gasteiger partial charge on any atom is 0.356 e. The first-order chi connectivity index (χ1) is 6.10. The maximum atomic E-state index is 11.9. The van der Waals surface area contributed by atoms with Crippen LogP contribution in [0, 0.1) is 0 Å². The molecule has 0 rings (SSSR count). The van der Waals surface area contributed by atoms with Crippen LogP contribution in [0.1, 0.15) is 20.3 Å². The van der Waals surface area contributed by atoms with Gasteiger partial charge in [0.05, 0.1) is 13.2 Å². The fourth-order valence-corrected chi connectivity index (χ4v) is 2.67. The minimum Gasteiger partial charge on any atom is -0.306 e. The minimum atomic E-state index is -3.11. The second-order valence-corrected chi connectivity index (χ2v) is 4.86. The SMILES string of the molecule is C=C(CCCl)P(=O)(OCC)OCC. The van der Waals surface area contributed by atoms with Gasteiger partial charge >= 0.3 is 7.60 Å². The van der Waals surface area contributed by atoms with E-state index in [-0.39, 0.29) is 0 Å². The van der Waals surface area contributed by atoms with Gasteiger partial charge in [0, 0.05) is 11.2 Å². The van der Waals surface area contributed by atoms with E-state index in [1.165, 1.54) is 0 Å². The quantitative estimate of drug-likeness (QED) is 0.493. The Morgan fingerprint density at radius 2 is 1.85 bits per heavy atom. The van der Waals surface area contributed by atoms with E-state index in [0.717, 1.165) is 0 Å². The first kappa shape index (κ1) is 13.2. The zero-order valence-corrected chi connectivity index (χ0v) is 9.74. The third-order valence-corrected chi connectivity index (χ3v) is 3.75. The van der Waals surface area contributed by atoms with Crippen molar-refractivity contribution in [1.29, 1.82) is 0 Å². The Kier molecular flexibility index (Phi) is 6.70. The van der Waals surface area contributed by atoms with Gasteiger partial charge in [0.2, 0.25) is 0 Å². The van der Waals surface area contributed by atoms with E-state index >= 15 is 0 Å². The molecule has 0 N–H and O–H groups in total. The van der Waals surface area contributed by atoms with Crippen LogP contribution in [0.25, 0.3) is 0 Å². The van der Waals surface area contributed by atoms with Crippen molar-refractivity contribution in [1.82, 2.24) is 0 Å². The van der Waals surface area contributed by atoms with Crippen LogP contribution in [-0.4, -0.2) is 19.1 Å². The molecule has 0 aliphatic heterocycles. The summed E-state index contributed by atoms with van der Waals surface area (Å²) in [6.45, 7) is 7.87. The van der Waals surface area contributed by atoms with Crippen molar-refractivity contribution in [3.63, 3.8) is 0 Å². The number of hydrogen-bond acceptors (Lipinski definition) is 3. The first-order valence-electron chi connectivity index (χ1n) is 4.24. The van der Waals surface area contributed by atoms with Crippen LogP contribution in [0.2, 0.25) is 0 Å². The molecule has 0 saturated heterocycles. The lowest BCUT2D eigenvalue weighted by Gasteiger charge is -2.18. The Hall–Kier alpha value is 0.180. The molecular formula is C8H16ClO3P. The monoisotopic (exact) mass is 226 g/mol. The Morgan fingerprint density at radius 3 is 2.15 bits per heavy atom. The predicted molar refractivity (Wildman–Crippen MR) is 55.3 cm³/mol. The lowest BCUT2D eigenvalue weighted by molar-refractivity contribution is 0.226. The molecule has 0 amide bonds. The van der Waals surface area contributed by atoms with Crippen LogP contribution in [0.15, 0.2) is 11.9 Å². The highest BCUT2D eigenvalue weighted by Gasteiger charge is 2.26. The molecule has 5 heteroatoms. The summed E-state index contributed by atoms with van der Waals surface area (Å²) in [6, 6.07) is 0. The molecule has 3 nitrogen and oxygen atoms in total. The van der Waals surface area contributed by atoms with Crippen LogP contribution in [-0.2, 0) is 13.6 Å². The molecule has 78 valence electrons. The van der Waals surface area contributed by atoms with E-state index in [2.05, 4.69) is 6.58 Å². The van der Waals surface area contributed by atoms with Gasteiger partial charge in [-0.05, 0) is 20.3 Å². The van der Waals surface area contributed by atoms with Crippen LogP contribution in [0.3, 0.4) is 0 Å². The van der Waals surface area contributed by atoms with Crippen molar-refractivity contribution in [2.45, 2.75) is 20.3 Å². The summed E-state index contributed by atoms with van der Waals surface area (Å²) in [6.07, 6.45) is 0.457. The zero-order valence-electron chi connectivity index (χ0n) is 8.09. The molecule has 0 aliphatic carbocycles. The molecule has 0 radical (unpaired) electrons. The van der Waals surface area contributed by atoms with E-state index in [0.29, 0.717) is 30.8 Å². The summed E-state index contributed by atoms with van der Waals surface area (Å²) in [5, 5.41) is 0.450. The number of halogens is 1. The summed E-state index contributed by atoms with van der Waals surface area (Å²) >= 11 is 5.51. The summed E-state index contributed by atoms with van der Waals surface area (Å²) in [7, 11) is -3.11. The Balaban J connectivity index is 4.38. The Morgan fingerprint density at radius 1 is 1.38 bits per heavy atom. The second-order valence-electron chi connectivity index (χ2n) is 2.34. The van der Waals surface area contributed by atoms with Crippen molar-refractivity contribution in [2.75, 3.05) is 19.1 Å². The normalized spacial score (nSPS) is 11.6. The molecule has 0 unspecified atom stereocenters. The molecule has 0 aromatic heterocycles. The second kappa shape index (κ2) is 6.61. The Labute approximate surface area is 84.6 Å². The summed E-state index contributed by atoms with van der Waals surface area (Å²) in [4.78, 5) is 0. The van der Waals surface area contributed by atoms with Crippen LogP contribution in [0.4, 0.5) is 0 Å². The average Bonchev–Trinajstić information content (AvgIpc) is 2.05. The number of rotatable bonds is 7. The molecule has 0 saturated carbocycles. The summed E-state index contributed by atoms with van der Waals surface area (Å²) < 4.78 is 22.0. The molecular weight excluding hydrogens is 211 g/mol. The molecule has 0 aromatic carbocycles. The zero-order chi connectivity index (χ0) is 10.3. The van der Waals surface area contributed by atoms with Gasteiger partial charge in [-0.2, -0.15) is 0 Å². The Bertz CT molecular complexity index is 196. The van der Waals surface area contributed by atoms with Gasteiger partial charge in [-0.3, -0.25) is 4.57 Å². The van der Waals surface area contributed by atoms with Crippen LogP contribution < -0.4 is 0 Å². The summed E-state index contributed by atoms with van der Waals surface area (Å²) in [5.74, 6) is 0.378. The smallest absolute Gasteiger partial charge is 0.306 e. The fraction of sp³-hybridized carbons (Fsp3) is 0.750. The van der Waals surface area contributed by atoms with Crippen molar-refractivity contribution < 1.29 is 13.6 Å². The molecule has 0 atom stereocenters. The van der Waals surface area contributed by atoms with Crippen molar-refractivity contribution in [3.8, 4) is 0 Å². The first-order valence-corrected chi connectivity index (χ1v) is 6.31. The van der Waals surface area contributed by atoms with Crippen LogP contribution >= 0.6 is 19.2 Å². The summed E-state index contributed by atoms with van der Waals surface area (Å²) in [5.41, 5.74) is 0. The number of allylic oxidation sites excluding steroid dienone is 1. The van der Waals surface area contributed by atoms with Gasteiger partial charge in [0.15, 0.2) is 0 Å². The molecule has 0 aromatic rings. The molecule has 0 spiro atoms. The lowest BCUT2D eigenvalue weighted by atomic mass is 10.5. The molecule has 0 fully saturated rings. The van der Waals surface area contributed by atoms with E-state index in [4.69, 9.17) is 20.6 Å². The highest BCUT2D eigenvalue weighted by molar-refractivity contribution is 7.58. The van der Waals surface area contributed by atoms with Crippen molar-refractivity contribution in [2.24, 2.45) is 0 Å². The van der Waals surface area contributed by atoms with E-state index < -0.39 is 7.60 Å². The van der Waals surface area contributed by atoms with Crippen LogP contribution in [0.5, 0.6) is 0 Å². The average molecular weight is 227 g/mol. The molecule has 0 bridgehead atoms. The number of alkyl halides is 1. The fourth-order valence-electron chi connectivity index (χ4n) is 0.806. The minimum absolute atomic E-state index is 0.346. The largest absolute Gasteiger partial charge is 0.356 e. The predicted octanol–water partition coefficient (Wildman–Crippen LogP) is 3.40. The third-order valence-electron chi connectivity index (χ3n) is 1.37. The highest BCUT2D eigenvalue weighted by Crippen LogP contribution is 2.56. The van der Waals surface area contributed by atoms with Gasteiger partial charge in [0.25, 0.3) is 0 Å². The van der Waals surface area contributed by atoms with Crippen molar-refractivity contribution >= 4 is 19.2 Å². The van der Waals surface area contributed by atoms with E-state index in [1.54, 1.807) is 13.8 Å². The number of hydrogen-bond donors (Lipinski definition) is 0. The van der Waals surface area contributed by atoms with Gasteiger partial charge in [0.1, 0.15) is 0 Å². The lowest BCUT2D eigenvalue weighted by Crippen LogP contribution is -1.98. The topological polar surface area (TPSA) is 35.5 Å². The van der Waals surface area contributed by atoms with Crippen molar-refractivity contribution in [3.05, 3.63) is 11.9 Å². The van der Waals surface area contributed by atoms with E-state index in [9.17, 15) is 4.57 Å². The van der Waals surface area contributed by atoms with E-state index in [1.807, 2.05) is 0 Å². The molecule has 0 heterocycles. The van der Waals surface area contributed by atoms with Gasteiger partial charge < -0.3 is 9.05 Å². The van der Waals surface area contributed by atoms with Gasteiger partial charge in [-0.15, -0.1) is 11.6 Å². The maximum absolute atomic E-state index is 11.9. The standard InChI is InChI=1S/C8H16ClO3P/c1-4-11-13(10,12-5-2)8(3)6-7-9/h3-7H2,1-2H3. The third kappa shape index (κ3) is 4.28. The molecule has 0 aliphatic rings.